The first-order valence-corrected chi connectivity index (χ1v) is 5.56. The van der Waals surface area contributed by atoms with Crippen LogP contribution >= 0.6 is 0 Å². The summed E-state index contributed by atoms with van der Waals surface area (Å²) < 4.78 is 1.84. The lowest BCUT2D eigenvalue weighted by Crippen LogP contribution is -2.25. The summed E-state index contributed by atoms with van der Waals surface area (Å²) in [6, 6.07) is 2.20. The molecule has 0 fully saturated rings. The molecule has 0 saturated heterocycles. The Bertz CT molecular complexity index is 583. The molecule has 2 aromatic heterocycles. The zero-order chi connectivity index (χ0) is 13.1. The molecule has 0 spiro atoms. The fourth-order valence-corrected chi connectivity index (χ4v) is 1.78. The van der Waals surface area contributed by atoms with Gasteiger partial charge in [0.1, 0.15) is 0 Å². The number of hydrazine groups is 1. The van der Waals surface area contributed by atoms with Crippen LogP contribution in [0.5, 0.6) is 0 Å². The summed E-state index contributed by atoms with van der Waals surface area (Å²) in [5.41, 5.74) is 3.26. The van der Waals surface area contributed by atoms with Gasteiger partial charge in [-0.25, -0.2) is 15.8 Å². The minimum Gasteiger partial charge on any atom is -0.355 e. The van der Waals surface area contributed by atoms with Crippen molar-refractivity contribution >= 4 is 17.3 Å². The quantitative estimate of drug-likeness (QED) is 0.605. The van der Waals surface area contributed by atoms with Gasteiger partial charge in [0.15, 0.2) is 17.3 Å². The average Bonchev–Trinajstić information content (AvgIpc) is 2.85. The highest BCUT2D eigenvalue weighted by atomic mass is 15.3. The van der Waals surface area contributed by atoms with Crippen LogP contribution < -0.4 is 16.2 Å². The maximum Gasteiger partial charge on any atom is 0.180 e. The van der Waals surface area contributed by atoms with Crippen molar-refractivity contribution in [1.82, 2.24) is 14.4 Å². The second-order valence-corrected chi connectivity index (χ2v) is 4.16. The standard InChI is InChI=1S/C11H15N7/c1-8(5-12)6-17(2)11-10-14-3-4-18(10)7-9(15-11)16-13/h3-4,7-8,16H,6,13H2,1-2H3. The Balaban J connectivity index is 2.42. The molecule has 2 aromatic rings. The second kappa shape index (κ2) is 4.89. The Labute approximate surface area is 105 Å². The Hall–Kier alpha value is -2.33. The Kier molecular flexibility index (Phi) is 3.30. The molecule has 0 aliphatic rings. The molecule has 2 rings (SSSR count). The lowest BCUT2D eigenvalue weighted by Gasteiger charge is -2.20. The van der Waals surface area contributed by atoms with Crippen molar-refractivity contribution in [2.45, 2.75) is 6.92 Å². The van der Waals surface area contributed by atoms with Crippen LogP contribution in [0, 0.1) is 17.2 Å². The van der Waals surface area contributed by atoms with Gasteiger partial charge in [0.2, 0.25) is 0 Å². The van der Waals surface area contributed by atoms with Gasteiger partial charge in [0.05, 0.1) is 18.2 Å². The van der Waals surface area contributed by atoms with Gasteiger partial charge in [0.25, 0.3) is 0 Å². The summed E-state index contributed by atoms with van der Waals surface area (Å²) in [4.78, 5) is 10.5. The minimum atomic E-state index is -0.0821. The van der Waals surface area contributed by atoms with Crippen LogP contribution in [0.3, 0.4) is 0 Å². The number of nitriles is 1. The zero-order valence-corrected chi connectivity index (χ0v) is 10.3. The first kappa shape index (κ1) is 12.1. The topological polar surface area (TPSA) is 95.3 Å². The van der Waals surface area contributed by atoms with E-state index < -0.39 is 0 Å². The van der Waals surface area contributed by atoms with E-state index in [0.29, 0.717) is 18.2 Å². The van der Waals surface area contributed by atoms with Gasteiger partial charge in [-0.2, -0.15) is 5.26 Å². The largest absolute Gasteiger partial charge is 0.355 e. The molecule has 0 radical (unpaired) electrons. The first-order chi connectivity index (χ1) is 8.65. The molecular weight excluding hydrogens is 230 g/mol. The molecule has 1 atom stereocenters. The monoisotopic (exact) mass is 245 g/mol. The van der Waals surface area contributed by atoms with Gasteiger partial charge < -0.3 is 14.7 Å². The van der Waals surface area contributed by atoms with Crippen molar-refractivity contribution in [2.75, 3.05) is 23.9 Å². The number of hydrogen-bond acceptors (Lipinski definition) is 6. The summed E-state index contributed by atoms with van der Waals surface area (Å²) in [5.74, 6) is 6.55. The van der Waals surface area contributed by atoms with Crippen molar-refractivity contribution in [3.8, 4) is 6.07 Å². The van der Waals surface area contributed by atoms with Gasteiger partial charge in [-0.3, -0.25) is 0 Å². The SMILES string of the molecule is CC(C#N)CN(C)c1nc(NN)cn2ccnc12. The van der Waals surface area contributed by atoms with E-state index in [0.717, 1.165) is 5.65 Å². The fourth-order valence-electron chi connectivity index (χ4n) is 1.78. The maximum absolute atomic E-state index is 8.85. The van der Waals surface area contributed by atoms with E-state index in [4.69, 9.17) is 11.1 Å². The molecule has 3 N–H and O–H groups in total. The van der Waals surface area contributed by atoms with Crippen LogP contribution in [0.4, 0.5) is 11.6 Å². The van der Waals surface area contributed by atoms with Gasteiger partial charge in [-0.1, -0.05) is 0 Å². The number of rotatable bonds is 4. The predicted octanol–water partition coefficient (Wildman–Crippen LogP) is 0.611. The van der Waals surface area contributed by atoms with Gasteiger partial charge in [-0.05, 0) is 6.92 Å². The third-order valence-electron chi connectivity index (χ3n) is 2.63. The molecule has 0 aliphatic carbocycles. The molecule has 0 aliphatic heterocycles. The maximum atomic E-state index is 8.85. The lowest BCUT2D eigenvalue weighted by atomic mass is 10.2. The molecule has 0 bridgehead atoms. The number of aromatic nitrogens is 3. The molecule has 7 nitrogen and oxygen atoms in total. The van der Waals surface area contributed by atoms with Crippen molar-refractivity contribution < 1.29 is 0 Å². The minimum absolute atomic E-state index is 0.0821. The van der Waals surface area contributed by atoms with Gasteiger partial charge in [-0.15, -0.1) is 0 Å². The van der Waals surface area contributed by atoms with E-state index in [-0.39, 0.29) is 5.92 Å². The van der Waals surface area contributed by atoms with Crippen LogP contribution in [0.25, 0.3) is 5.65 Å². The normalized spacial score (nSPS) is 12.1. The first-order valence-electron chi connectivity index (χ1n) is 5.56. The number of nitrogen functional groups attached to an aromatic ring is 1. The smallest absolute Gasteiger partial charge is 0.180 e. The van der Waals surface area contributed by atoms with Crippen LogP contribution in [0.1, 0.15) is 6.92 Å². The second-order valence-electron chi connectivity index (χ2n) is 4.16. The van der Waals surface area contributed by atoms with Crippen LogP contribution in [0.15, 0.2) is 18.6 Å². The molecule has 94 valence electrons. The number of nitrogens with zero attached hydrogens (tertiary/aromatic N) is 5. The van der Waals surface area contributed by atoms with Crippen LogP contribution in [0.2, 0.25) is 0 Å². The van der Waals surface area contributed by atoms with Crippen molar-refractivity contribution in [3.63, 3.8) is 0 Å². The molecular formula is C11H15N7. The van der Waals surface area contributed by atoms with Crippen LogP contribution in [-0.2, 0) is 0 Å². The predicted molar refractivity (Wildman–Crippen MR) is 68.8 cm³/mol. The highest BCUT2D eigenvalue weighted by Gasteiger charge is 2.13. The zero-order valence-electron chi connectivity index (χ0n) is 10.3. The molecule has 1 unspecified atom stereocenters. The Morgan fingerprint density at radius 1 is 1.67 bits per heavy atom. The lowest BCUT2D eigenvalue weighted by molar-refractivity contribution is 0.710. The van der Waals surface area contributed by atoms with E-state index >= 15 is 0 Å². The highest BCUT2D eigenvalue weighted by Crippen LogP contribution is 2.19. The molecule has 0 amide bonds. The average molecular weight is 245 g/mol. The van der Waals surface area contributed by atoms with E-state index in [1.54, 1.807) is 12.4 Å². The molecule has 18 heavy (non-hydrogen) atoms. The van der Waals surface area contributed by atoms with E-state index in [2.05, 4.69) is 21.5 Å². The van der Waals surface area contributed by atoms with Gasteiger partial charge >= 0.3 is 0 Å². The van der Waals surface area contributed by atoms with Gasteiger partial charge in [0, 0.05) is 26.0 Å². The van der Waals surface area contributed by atoms with Crippen molar-refractivity contribution in [1.29, 1.82) is 5.26 Å². The third-order valence-corrected chi connectivity index (χ3v) is 2.63. The highest BCUT2D eigenvalue weighted by molar-refractivity contribution is 5.66. The summed E-state index contributed by atoms with van der Waals surface area (Å²) in [7, 11) is 1.88. The third kappa shape index (κ3) is 2.19. The van der Waals surface area contributed by atoms with Crippen molar-refractivity contribution in [2.24, 2.45) is 11.8 Å². The van der Waals surface area contributed by atoms with Crippen molar-refractivity contribution in [3.05, 3.63) is 18.6 Å². The number of fused-ring (bicyclic) bond motifs is 1. The molecule has 0 aromatic carbocycles. The summed E-state index contributed by atoms with van der Waals surface area (Å²) in [6.07, 6.45) is 5.28. The van der Waals surface area contributed by atoms with E-state index in [1.807, 2.05) is 29.5 Å². The molecule has 0 saturated carbocycles. The number of imidazole rings is 1. The number of anilines is 2. The fraction of sp³-hybridized carbons (Fsp3) is 0.364. The number of nitrogens with one attached hydrogen (secondary N) is 1. The Morgan fingerprint density at radius 2 is 2.44 bits per heavy atom. The Morgan fingerprint density at radius 3 is 3.11 bits per heavy atom. The van der Waals surface area contributed by atoms with E-state index in [1.165, 1.54) is 0 Å². The summed E-state index contributed by atoms with van der Waals surface area (Å²) >= 11 is 0. The molecule has 2 heterocycles. The number of hydrogen-bond donors (Lipinski definition) is 2. The summed E-state index contributed by atoms with van der Waals surface area (Å²) in [5, 5.41) is 8.85. The number of nitrogens with two attached hydrogens (primary N) is 1. The van der Waals surface area contributed by atoms with Crippen LogP contribution in [-0.4, -0.2) is 28.0 Å². The van der Waals surface area contributed by atoms with E-state index in [9.17, 15) is 0 Å². The molecule has 7 heteroatoms. The summed E-state index contributed by atoms with van der Waals surface area (Å²) in [6.45, 7) is 2.45.